The largest absolute Gasteiger partial charge is 0.310 e. The number of hydrogen-bond acceptors (Lipinski definition) is 1. The highest BCUT2D eigenvalue weighted by atomic mass is 15.1. The van der Waals surface area contributed by atoms with Crippen LogP contribution in [0.4, 0.5) is 17.1 Å². The molecule has 290 valence electrons. The molecule has 4 fully saturated rings. The van der Waals surface area contributed by atoms with E-state index in [1.807, 2.05) is 0 Å². The first-order valence-corrected chi connectivity index (χ1v) is 22.4. The summed E-state index contributed by atoms with van der Waals surface area (Å²) in [6.07, 6.45) is 7.16. The van der Waals surface area contributed by atoms with Crippen LogP contribution in [0.3, 0.4) is 0 Å². The summed E-state index contributed by atoms with van der Waals surface area (Å²) in [5.74, 6) is 3.48. The van der Waals surface area contributed by atoms with Gasteiger partial charge in [-0.15, -0.1) is 0 Å². The average Bonchev–Trinajstić information content (AvgIpc) is 3.70. The van der Waals surface area contributed by atoms with Gasteiger partial charge in [0, 0.05) is 27.9 Å². The highest BCUT2D eigenvalue weighted by Gasteiger charge is 2.61. The third kappa shape index (κ3) is 4.87. The Labute approximate surface area is 354 Å². The topological polar surface area (TPSA) is 3.24 Å². The summed E-state index contributed by atoms with van der Waals surface area (Å²) in [4.78, 5) is 2.45. The summed E-state index contributed by atoms with van der Waals surface area (Å²) in [5.41, 5.74) is 20.3. The second-order valence-electron chi connectivity index (χ2n) is 19.4. The molecular weight excluding hydrogens is 723 g/mol. The minimum atomic E-state index is -0.0845. The highest BCUT2D eigenvalue weighted by molar-refractivity contribution is 5.90. The molecule has 60 heavy (non-hydrogen) atoms. The van der Waals surface area contributed by atoms with Crippen molar-refractivity contribution in [2.75, 3.05) is 4.90 Å². The molecule has 0 amide bonds. The smallest absolute Gasteiger partial charge is 0.0465 e. The molecule has 0 aliphatic heterocycles. The van der Waals surface area contributed by atoms with Crippen molar-refractivity contribution in [2.45, 2.75) is 56.8 Å². The zero-order chi connectivity index (χ0) is 39.7. The molecule has 1 spiro atoms. The van der Waals surface area contributed by atoms with E-state index in [2.05, 4.69) is 195 Å². The van der Waals surface area contributed by atoms with E-state index in [4.69, 9.17) is 0 Å². The van der Waals surface area contributed by atoms with Crippen molar-refractivity contribution in [3.05, 3.63) is 198 Å². The average molecular weight is 772 g/mol. The standard InChI is InChI=1S/C59H49N/c1-58(2)54-13-7-5-11-50(54)52-27-26-49(36-57(52)58)60(47-22-17-40(18-23-47)43-16-15-39-9-3-4-10-42(39)34-43)48-24-19-41(20-25-48)44-21-28-56-53(35-44)51-12-6-8-14-55(51)59(56)45-30-37-29-38(32-45)33-46(59)31-37/h3-28,34-38,45-46H,29-33H2,1-2H3. The van der Waals surface area contributed by atoms with Crippen LogP contribution in [0, 0.1) is 23.7 Å². The number of hydrogen-bond donors (Lipinski definition) is 0. The first-order valence-electron chi connectivity index (χ1n) is 22.4. The Morgan fingerprint density at radius 2 is 0.867 bits per heavy atom. The lowest BCUT2D eigenvalue weighted by Gasteiger charge is -2.61. The Morgan fingerprint density at radius 3 is 1.55 bits per heavy atom. The lowest BCUT2D eigenvalue weighted by Crippen LogP contribution is -2.55. The van der Waals surface area contributed by atoms with E-state index in [9.17, 15) is 0 Å². The van der Waals surface area contributed by atoms with Crippen LogP contribution < -0.4 is 4.90 Å². The highest BCUT2D eigenvalue weighted by Crippen LogP contribution is 2.69. The van der Waals surface area contributed by atoms with Crippen LogP contribution >= 0.6 is 0 Å². The molecule has 1 heteroatoms. The fraction of sp³-hybridized carbons (Fsp3) is 0.220. The fourth-order valence-electron chi connectivity index (χ4n) is 13.6. The first kappa shape index (κ1) is 34.7. The molecule has 8 aromatic carbocycles. The van der Waals surface area contributed by atoms with Crippen molar-refractivity contribution >= 4 is 27.8 Å². The molecule has 0 unspecified atom stereocenters. The predicted molar refractivity (Wildman–Crippen MR) is 250 cm³/mol. The molecule has 0 saturated heterocycles. The maximum absolute atomic E-state index is 2.55. The quantitative estimate of drug-likeness (QED) is 0.168. The minimum absolute atomic E-state index is 0.0845. The van der Waals surface area contributed by atoms with Crippen LogP contribution in [0.5, 0.6) is 0 Å². The van der Waals surface area contributed by atoms with Gasteiger partial charge in [-0.25, -0.2) is 0 Å². The van der Waals surface area contributed by atoms with Crippen molar-refractivity contribution < 1.29 is 0 Å². The van der Waals surface area contributed by atoms with Crippen LogP contribution in [-0.4, -0.2) is 0 Å². The van der Waals surface area contributed by atoms with Gasteiger partial charge in [-0.05, 0) is 182 Å². The predicted octanol–water partition coefficient (Wildman–Crippen LogP) is 15.7. The number of nitrogens with zero attached hydrogens (tertiary/aromatic N) is 1. The van der Waals surface area contributed by atoms with Crippen LogP contribution in [0.1, 0.15) is 68.2 Å². The minimum Gasteiger partial charge on any atom is -0.310 e. The van der Waals surface area contributed by atoms with Crippen molar-refractivity contribution in [3.8, 4) is 44.5 Å². The Kier molecular flexibility index (Phi) is 7.32. The summed E-state index contributed by atoms with van der Waals surface area (Å²) in [6, 6.07) is 67.0. The molecule has 4 bridgehead atoms. The number of benzene rings is 8. The van der Waals surface area contributed by atoms with Gasteiger partial charge in [0.2, 0.25) is 0 Å². The third-order valence-electron chi connectivity index (χ3n) is 16.0. The van der Waals surface area contributed by atoms with E-state index in [0.717, 1.165) is 35.0 Å². The Hall–Kier alpha value is -6.18. The molecule has 1 nitrogen and oxygen atoms in total. The van der Waals surface area contributed by atoms with Gasteiger partial charge in [0.05, 0.1) is 0 Å². The molecule has 0 radical (unpaired) electrons. The molecule has 0 N–H and O–H groups in total. The van der Waals surface area contributed by atoms with Crippen molar-refractivity contribution in [3.63, 3.8) is 0 Å². The second-order valence-corrected chi connectivity index (χ2v) is 19.4. The summed E-state index contributed by atoms with van der Waals surface area (Å²) in [5, 5.41) is 2.54. The molecule has 0 atom stereocenters. The van der Waals surface area contributed by atoms with E-state index >= 15 is 0 Å². The van der Waals surface area contributed by atoms with Crippen LogP contribution in [-0.2, 0) is 10.8 Å². The molecule has 14 rings (SSSR count). The van der Waals surface area contributed by atoms with Crippen LogP contribution in [0.25, 0.3) is 55.3 Å². The molecule has 4 saturated carbocycles. The maximum atomic E-state index is 2.55. The van der Waals surface area contributed by atoms with Gasteiger partial charge < -0.3 is 4.90 Å². The van der Waals surface area contributed by atoms with Gasteiger partial charge in [0.15, 0.2) is 0 Å². The van der Waals surface area contributed by atoms with Crippen molar-refractivity contribution in [2.24, 2.45) is 23.7 Å². The molecule has 8 aromatic rings. The van der Waals surface area contributed by atoms with E-state index in [0.29, 0.717) is 0 Å². The van der Waals surface area contributed by atoms with Crippen molar-refractivity contribution in [1.29, 1.82) is 0 Å². The maximum Gasteiger partial charge on any atom is 0.0465 e. The normalized spacial score (nSPS) is 23.4. The van der Waals surface area contributed by atoms with Gasteiger partial charge >= 0.3 is 0 Å². The summed E-state index contributed by atoms with van der Waals surface area (Å²) in [6.45, 7) is 4.75. The van der Waals surface area contributed by atoms with Gasteiger partial charge in [-0.3, -0.25) is 0 Å². The van der Waals surface area contributed by atoms with Crippen LogP contribution in [0.2, 0.25) is 0 Å². The Morgan fingerprint density at radius 1 is 0.367 bits per heavy atom. The zero-order valence-corrected chi connectivity index (χ0v) is 34.5. The first-order chi connectivity index (χ1) is 29.4. The molecule has 0 aromatic heterocycles. The number of rotatable bonds is 5. The summed E-state index contributed by atoms with van der Waals surface area (Å²) >= 11 is 0. The number of fused-ring (bicyclic) bond motifs is 7. The van der Waals surface area contributed by atoms with E-state index in [1.165, 1.54) is 104 Å². The number of anilines is 3. The molecule has 0 heterocycles. The van der Waals surface area contributed by atoms with Gasteiger partial charge in [-0.1, -0.05) is 141 Å². The van der Waals surface area contributed by atoms with Gasteiger partial charge in [0.25, 0.3) is 0 Å². The van der Waals surface area contributed by atoms with Crippen molar-refractivity contribution in [1.82, 2.24) is 0 Å². The Bertz CT molecular complexity index is 2990. The fourth-order valence-corrected chi connectivity index (χ4v) is 13.6. The van der Waals surface area contributed by atoms with Crippen LogP contribution in [0.15, 0.2) is 176 Å². The van der Waals surface area contributed by atoms with E-state index in [-0.39, 0.29) is 10.8 Å². The Balaban J connectivity index is 0.893. The lowest BCUT2D eigenvalue weighted by molar-refractivity contribution is -0.0399. The van der Waals surface area contributed by atoms with E-state index in [1.54, 1.807) is 11.1 Å². The molecular formula is C59H49N. The SMILES string of the molecule is CC1(C)c2ccccc2-c2ccc(N(c3ccc(-c4ccc5c(c4)-c4ccccc4C54C5CC6CC(C5)CC4C6)cc3)c3ccc(-c4ccc5ccccc5c4)cc3)cc21. The molecule has 6 aliphatic carbocycles. The molecule has 6 aliphatic rings. The lowest BCUT2D eigenvalue weighted by atomic mass is 9.43. The third-order valence-corrected chi connectivity index (χ3v) is 16.0. The van der Waals surface area contributed by atoms with Gasteiger partial charge in [-0.2, -0.15) is 0 Å². The monoisotopic (exact) mass is 771 g/mol. The zero-order valence-electron chi connectivity index (χ0n) is 34.5. The summed E-state index contributed by atoms with van der Waals surface area (Å²) < 4.78 is 0. The van der Waals surface area contributed by atoms with E-state index < -0.39 is 0 Å². The second kappa shape index (κ2) is 12.7. The van der Waals surface area contributed by atoms with Gasteiger partial charge in [0.1, 0.15) is 0 Å². The summed E-state index contributed by atoms with van der Waals surface area (Å²) in [7, 11) is 0.